The Bertz CT molecular complexity index is 776. The molecule has 0 radical (unpaired) electrons. The van der Waals surface area contributed by atoms with Gasteiger partial charge in [-0.1, -0.05) is 73.5 Å². The van der Waals surface area contributed by atoms with E-state index in [2.05, 4.69) is 53.8 Å². The number of nitrogens with one attached hydrogen (secondary N) is 1. The van der Waals surface area contributed by atoms with E-state index in [4.69, 9.17) is 0 Å². The summed E-state index contributed by atoms with van der Waals surface area (Å²) in [5, 5.41) is 3.11. The van der Waals surface area contributed by atoms with Crippen LogP contribution in [0.2, 0.25) is 0 Å². The summed E-state index contributed by atoms with van der Waals surface area (Å²) in [6.45, 7) is 1.21. The lowest BCUT2D eigenvalue weighted by Crippen LogP contribution is -2.37. The fourth-order valence-electron chi connectivity index (χ4n) is 4.86. The molecule has 152 valence electrons. The summed E-state index contributed by atoms with van der Waals surface area (Å²) in [5.41, 5.74) is 2.52. The molecule has 1 N–H and O–H groups in total. The number of likely N-dealkylation sites (tertiary alicyclic amines) is 1. The lowest BCUT2D eigenvalue weighted by Gasteiger charge is -2.24. The summed E-state index contributed by atoms with van der Waals surface area (Å²) < 4.78 is 0. The van der Waals surface area contributed by atoms with Crippen LogP contribution < -0.4 is 5.32 Å². The zero-order chi connectivity index (χ0) is 20.1. The Balaban J connectivity index is 1.34. The minimum atomic E-state index is -0.199. The van der Waals surface area contributed by atoms with Crippen LogP contribution in [-0.4, -0.2) is 35.8 Å². The average molecular weight is 391 g/mol. The first-order valence-corrected chi connectivity index (χ1v) is 10.9. The largest absolute Gasteiger partial charge is 0.356 e. The number of amides is 2. The van der Waals surface area contributed by atoms with E-state index in [0.717, 1.165) is 19.3 Å². The van der Waals surface area contributed by atoms with E-state index in [1.165, 1.54) is 24.0 Å². The van der Waals surface area contributed by atoms with Crippen molar-refractivity contribution < 1.29 is 9.59 Å². The minimum Gasteiger partial charge on any atom is -0.356 e. The van der Waals surface area contributed by atoms with Gasteiger partial charge in [-0.25, -0.2) is 0 Å². The van der Waals surface area contributed by atoms with E-state index >= 15 is 0 Å². The Kier molecular flexibility index (Phi) is 6.28. The summed E-state index contributed by atoms with van der Waals surface area (Å²) in [6, 6.07) is 21.3. The molecule has 2 fully saturated rings. The van der Waals surface area contributed by atoms with Crippen LogP contribution in [0, 0.1) is 5.92 Å². The van der Waals surface area contributed by atoms with Crippen molar-refractivity contribution in [3.63, 3.8) is 0 Å². The van der Waals surface area contributed by atoms with E-state index in [9.17, 15) is 9.59 Å². The number of carbonyl (C=O) groups is 2. The fourth-order valence-corrected chi connectivity index (χ4v) is 4.86. The van der Waals surface area contributed by atoms with Crippen molar-refractivity contribution >= 4 is 11.8 Å². The topological polar surface area (TPSA) is 49.4 Å². The SMILES string of the molecule is O=C(NCCC(c1ccccc1)c1ccccc1)C1CC(=O)N(C2CCCC2)C1. The van der Waals surface area contributed by atoms with E-state index in [1.54, 1.807) is 0 Å². The quantitative estimate of drug-likeness (QED) is 0.773. The molecule has 0 bridgehead atoms. The molecule has 4 nitrogen and oxygen atoms in total. The van der Waals surface area contributed by atoms with Crippen LogP contribution in [0.5, 0.6) is 0 Å². The second-order valence-corrected chi connectivity index (χ2v) is 8.34. The standard InChI is InChI=1S/C25H30N2O2/c28-24-17-21(18-27(24)22-13-7-8-14-22)25(29)26-16-15-23(19-9-3-1-4-10-19)20-11-5-2-6-12-20/h1-6,9-12,21-23H,7-8,13-18H2,(H,26,29). The maximum absolute atomic E-state index is 12.7. The van der Waals surface area contributed by atoms with Crippen molar-refractivity contribution in [1.29, 1.82) is 0 Å². The van der Waals surface area contributed by atoms with Gasteiger partial charge in [0, 0.05) is 31.5 Å². The Labute approximate surface area is 173 Å². The molecule has 1 unspecified atom stereocenters. The maximum Gasteiger partial charge on any atom is 0.225 e. The molecule has 0 aromatic heterocycles. The molecule has 1 aliphatic heterocycles. The predicted octanol–water partition coefficient (Wildman–Crippen LogP) is 4.12. The van der Waals surface area contributed by atoms with Gasteiger partial charge in [-0.05, 0) is 30.4 Å². The molecule has 2 amide bonds. The van der Waals surface area contributed by atoms with Crippen molar-refractivity contribution in [2.24, 2.45) is 5.92 Å². The number of benzene rings is 2. The van der Waals surface area contributed by atoms with Gasteiger partial charge in [0.2, 0.25) is 11.8 Å². The Morgan fingerprint density at radius 2 is 1.55 bits per heavy atom. The van der Waals surface area contributed by atoms with Crippen LogP contribution >= 0.6 is 0 Å². The first kappa shape index (κ1) is 19.7. The van der Waals surface area contributed by atoms with Crippen LogP contribution in [-0.2, 0) is 9.59 Å². The molecule has 2 aliphatic rings. The van der Waals surface area contributed by atoms with Gasteiger partial charge in [0.05, 0.1) is 5.92 Å². The van der Waals surface area contributed by atoms with Crippen LogP contribution in [0.25, 0.3) is 0 Å². The predicted molar refractivity (Wildman–Crippen MR) is 114 cm³/mol. The summed E-state index contributed by atoms with van der Waals surface area (Å²) >= 11 is 0. The minimum absolute atomic E-state index is 0.0266. The zero-order valence-electron chi connectivity index (χ0n) is 16.9. The molecule has 1 saturated carbocycles. The fraction of sp³-hybridized carbons (Fsp3) is 0.440. The molecule has 2 aromatic carbocycles. The third kappa shape index (κ3) is 4.69. The summed E-state index contributed by atoms with van der Waals surface area (Å²) in [5.74, 6) is 0.232. The molecule has 1 saturated heterocycles. The molecular formula is C25H30N2O2. The Hall–Kier alpha value is -2.62. The number of hydrogen-bond donors (Lipinski definition) is 1. The van der Waals surface area contributed by atoms with Gasteiger partial charge in [0.15, 0.2) is 0 Å². The second kappa shape index (κ2) is 9.25. The van der Waals surface area contributed by atoms with E-state index in [-0.39, 0.29) is 23.7 Å². The lowest BCUT2D eigenvalue weighted by molar-refractivity contribution is -0.130. The third-order valence-corrected chi connectivity index (χ3v) is 6.43. The second-order valence-electron chi connectivity index (χ2n) is 8.34. The van der Waals surface area contributed by atoms with Crippen LogP contribution in [0.1, 0.15) is 55.6 Å². The van der Waals surface area contributed by atoms with Crippen molar-refractivity contribution in [1.82, 2.24) is 10.2 Å². The van der Waals surface area contributed by atoms with E-state index in [0.29, 0.717) is 25.6 Å². The first-order chi connectivity index (χ1) is 14.2. The number of hydrogen-bond acceptors (Lipinski definition) is 2. The number of rotatable bonds is 7. The molecule has 4 heteroatoms. The average Bonchev–Trinajstić information content (AvgIpc) is 3.42. The molecule has 1 aliphatic carbocycles. The molecular weight excluding hydrogens is 360 g/mol. The summed E-state index contributed by atoms with van der Waals surface area (Å²) in [4.78, 5) is 27.1. The van der Waals surface area contributed by atoms with Crippen molar-refractivity contribution in [3.8, 4) is 0 Å². The molecule has 4 rings (SSSR count). The molecule has 2 aromatic rings. The monoisotopic (exact) mass is 390 g/mol. The smallest absolute Gasteiger partial charge is 0.225 e. The van der Waals surface area contributed by atoms with Crippen molar-refractivity contribution in [2.75, 3.05) is 13.1 Å². The van der Waals surface area contributed by atoms with E-state index < -0.39 is 0 Å². The van der Waals surface area contributed by atoms with Crippen LogP contribution in [0.3, 0.4) is 0 Å². The van der Waals surface area contributed by atoms with Gasteiger partial charge in [-0.2, -0.15) is 0 Å². The highest BCUT2D eigenvalue weighted by atomic mass is 16.2. The Morgan fingerprint density at radius 3 is 2.14 bits per heavy atom. The zero-order valence-corrected chi connectivity index (χ0v) is 16.9. The van der Waals surface area contributed by atoms with Crippen molar-refractivity contribution in [3.05, 3.63) is 71.8 Å². The highest BCUT2D eigenvalue weighted by molar-refractivity contribution is 5.89. The van der Waals surface area contributed by atoms with Gasteiger partial charge in [0.1, 0.15) is 0 Å². The van der Waals surface area contributed by atoms with Crippen molar-refractivity contribution in [2.45, 2.75) is 50.5 Å². The lowest BCUT2D eigenvalue weighted by atomic mass is 9.88. The van der Waals surface area contributed by atoms with Gasteiger partial charge >= 0.3 is 0 Å². The highest BCUT2D eigenvalue weighted by Crippen LogP contribution is 2.30. The van der Waals surface area contributed by atoms with Gasteiger partial charge in [-0.3, -0.25) is 9.59 Å². The molecule has 1 atom stereocenters. The first-order valence-electron chi connectivity index (χ1n) is 10.9. The van der Waals surface area contributed by atoms with E-state index in [1.807, 2.05) is 17.0 Å². The number of carbonyl (C=O) groups excluding carboxylic acids is 2. The molecule has 29 heavy (non-hydrogen) atoms. The Morgan fingerprint density at radius 1 is 0.966 bits per heavy atom. The molecule has 0 spiro atoms. The van der Waals surface area contributed by atoms with Gasteiger partial charge < -0.3 is 10.2 Å². The number of nitrogens with zero attached hydrogens (tertiary/aromatic N) is 1. The maximum atomic E-state index is 12.7. The van der Waals surface area contributed by atoms with Crippen LogP contribution in [0.15, 0.2) is 60.7 Å². The van der Waals surface area contributed by atoms with Gasteiger partial charge in [0.25, 0.3) is 0 Å². The normalized spacial score (nSPS) is 19.8. The third-order valence-electron chi connectivity index (χ3n) is 6.43. The summed E-state index contributed by atoms with van der Waals surface area (Å²) in [6.07, 6.45) is 5.79. The molecule has 1 heterocycles. The summed E-state index contributed by atoms with van der Waals surface area (Å²) in [7, 11) is 0. The van der Waals surface area contributed by atoms with Crippen LogP contribution in [0.4, 0.5) is 0 Å². The highest BCUT2D eigenvalue weighted by Gasteiger charge is 2.38. The van der Waals surface area contributed by atoms with Gasteiger partial charge in [-0.15, -0.1) is 0 Å².